The Morgan fingerprint density at radius 2 is 1.17 bits per heavy atom. The maximum atomic E-state index is 12.2. The highest BCUT2D eigenvalue weighted by Gasteiger charge is 2.37. The molecule has 0 bridgehead atoms. The second-order valence-corrected chi connectivity index (χ2v) is 7.48. The molecule has 0 aliphatic carbocycles. The average Bonchev–Trinajstić information content (AvgIpc) is 2.81. The monoisotopic (exact) mass is 399 g/mol. The van der Waals surface area contributed by atoms with Gasteiger partial charge in [0.05, 0.1) is 13.2 Å². The molecule has 0 spiro atoms. The van der Waals surface area contributed by atoms with Crippen molar-refractivity contribution in [3.63, 3.8) is 0 Å². The molecule has 0 aromatic heterocycles. The van der Waals surface area contributed by atoms with E-state index >= 15 is 0 Å². The number of benzene rings is 3. The summed E-state index contributed by atoms with van der Waals surface area (Å²) in [6, 6.07) is 30.4. The van der Waals surface area contributed by atoms with Crippen molar-refractivity contribution in [1.29, 1.82) is 0 Å². The third-order valence-corrected chi connectivity index (χ3v) is 5.56. The van der Waals surface area contributed by atoms with Gasteiger partial charge in [0.1, 0.15) is 5.60 Å². The number of likely N-dealkylation sites (tertiary alicyclic amines) is 1. The van der Waals surface area contributed by atoms with Crippen LogP contribution in [0.2, 0.25) is 0 Å². The smallest absolute Gasteiger partial charge is 0.223 e. The second kappa shape index (κ2) is 9.06. The van der Waals surface area contributed by atoms with Crippen molar-refractivity contribution >= 4 is 11.7 Å². The van der Waals surface area contributed by atoms with Crippen LogP contribution in [0, 0.1) is 0 Å². The Morgan fingerprint density at radius 3 is 1.63 bits per heavy atom. The van der Waals surface area contributed by atoms with E-state index in [1.54, 1.807) is 4.90 Å². The van der Waals surface area contributed by atoms with Crippen molar-refractivity contribution in [3.8, 4) is 0 Å². The summed E-state index contributed by atoms with van der Waals surface area (Å²) >= 11 is 0. The summed E-state index contributed by atoms with van der Waals surface area (Å²) in [6.45, 7) is 0.883. The highest BCUT2D eigenvalue weighted by Crippen LogP contribution is 2.40. The number of piperidine rings is 1. The average molecular weight is 399 g/mol. The van der Waals surface area contributed by atoms with E-state index < -0.39 is 5.60 Å². The van der Waals surface area contributed by atoms with E-state index in [9.17, 15) is 9.59 Å². The summed E-state index contributed by atoms with van der Waals surface area (Å²) in [6.07, 6.45) is 0.637. The number of ether oxygens (including phenoxy) is 1. The molecule has 4 nitrogen and oxygen atoms in total. The molecule has 3 aromatic carbocycles. The molecule has 4 rings (SSSR count). The minimum atomic E-state index is -0.813. The fraction of sp³-hybridized carbons (Fsp3) is 0.231. The van der Waals surface area contributed by atoms with Crippen LogP contribution in [0.5, 0.6) is 0 Å². The van der Waals surface area contributed by atoms with Crippen LogP contribution in [-0.2, 0) is 19.9 Å². The molecule has 152 valence electrons. The van der Waals surface area contributed by atoms with Crippen LogP contribution >= 0.6 is 0 Å². The standard InChI is InChI=1S/C26H25NO3/c28-24-16-17-25(29)27(20-24)18-19-30-26(21-10-4-1-5-11-21,22-12-6-2-7-13-22)23-14-8-3-9-15-23/h1-15H,16-20H2. The lowest BCUT2D eigenvalue weighted by Crippen LogP contribution is -2.43. The maximum absolute atomic E-state index is 12.2. The zero-order chi connectivity index (χ0) is 20.8. The number of ketones is 1. The molecule has 1 heterocycles. The van der Waals surface area contributed by atoms with Gasteiger partial charge in [-0.05, 0) is 16.7 Å². The van der Waals surface area contributed by atoms with Crippen LogP contribution in [0.25, 0.3) is 0 Å². The van der Waals surface area contributed by atoms with Crippen LogP contribution in [0.15, 0.2) is 91.0 Å². The minimum absolute atomic E-state index is 0.0166. The molecular formula is C26H25NO3. The third kappa shape index (κ3) is 4.05. The lowest BCUT2D eigenvalue weighted by Gasteiger charge is -2.37. The van der Waals surface area contributed by atoms with Crippen molar-refractivity contribution < 1.29 is 14.3 Å². The fourth-order valence-corrected chi connectivity index (χ4v) is 4.07. The number of Topliss-reactive ketones (excluding diaryl/α,β-unsaturated/α-hetero) is 1. The predicted molar refractivity (Wildman–Crippen MR) is 116 cm³/mol. The molecule has 1 amide bonds. The van der Waals surface area contributed by atoms with E-state index in [1.165, 1.54) is 0 Å². The number of nitrogens with zero attached hydrogens (tertiary/aromatic N) is 1. The molecule has 0 N–H and O–H groups in total. The zero-order valence-electron chi connectivity index (χ0n) is 16.9. The molecule has 0 unspecified atom stereocenters. The number of carbonyl (C=O) groups is 2. The van der Waals surface area contributed by atoms with Gasteiger partial charge in [-0.25, -0.2) is 0 Å². The van der Waals surface area contributed by atoms with Gasteiger partial charge in [-0.1, -0.05) is 91.0 Å². The van der Waals surface area contributed by atoms with E-state index in [0.29, 0.717) is 26.0 Å². The van der Waals surface area contributed by atoms with Gasteiger partial charge in [0.15, 0.2) is 5.78 Å². The highest BCUT2D eigenvalue weighted by molar-refractivity contribution is 5.92. The highest BCUT2D eigenvalue weighted by atomic mass is 16.5. The molecule has 1 fully saturated rings. The van der Waals surface area contributed by atoms with Gasteiger partial charge < -0.3 is 9.64 Å². The fourth-order valence-electron chi connectivity index (χ4n) is 4.07. The molecule has 3 aromatic rings. The Balaban J connectivity index is 1.71. The Bertz CT molecular complexity index is 890. The molecule has 0 atom stereocenters. The molecule has 1 aliphatic rings. The summed E-state index contributed by atoms with van der Waals surface area (Å²) in [5, 5.41) is 0. The van der Waals surface area contributed by atoms with Gasteiger partial charge in [0.2, 0.25) is 5.91 Å². The summed E-state index contributed by atoms with van der Waals surface area (Å²) in [7, 11) is 0. The molecular weight excluding hydrogens is 374 g/mol. The van der Waals surface area contributed by atoms with Crippen molar-refractivity contribution in [2.75, 3.05) is 19.7 Å². The first-order valence-corrected chi connectivity index (χ1v) is 10.3. The predicted octanol–water partition coefficient (Wildman–Crippen LogP) is 4.19. The molecule has 1 aliphatic heterocycles. The minimum Gasteiger partial charge on any atom is -0.359 e. The van der Waals surface area contributed by atoms with Gasteiger partial charge in [-0.3, -0.25) is 9.59 Å². The SMILES string of the molecule is O=C1CCC(=O)N(CCOC(c2ccccc2)(c2ccccc2)c2ccccc2)C1. The third-order valence-electron chi connectivity index (χ3n) is 5.56. The molecule has 0 saturated carbocycles. The first-order chi connectivity index (χ1) is 14.7. The topological polar surface area (TPSA) is 46.6 Å². The van der Waals surface area contributed by atoms with Gasteiger partial charge >= 0.3 is 0 Å². The van der Waals surface area contributed by atoms with E-state index in [1.807, 2.05) is 54.6 Å². The van der Waals surface area contributed by atoms with Crippen molar-refractivity contribution in [2.24, 2.45) is 0 Å². The summed E-state index contributed by atoms with van der Waals surface area (Å²) in [4.78, 5) is 25.6. The normalized spacial score (nSPS) is 14.7. The molecule has 4 heteroatoms. The van der Waals surface area contributed by atoms with Crippen LogP contribution in [0.4, 0.5) is 0 Å². The first kappa shape index (κ1) is 20.0. The summed E-state index contributed by atoms with van der Waals surface area (Å²) in [5.41, 5.74) is 2.24. The van der Waals surface area contributed by atoms with Crippen molar-refractivity contribution in [1.82, 2.24) is 4.90 Å². The van der Waals surface area contributed by atoms with Gasteiger partial charge in [0, 0.05) is 19.4 Å². The second-order valence-electron chi connectivity index (χ2n) is 7.48. The number of amides is 1. The number of hydrogen-bond acceptors (Lipinski definition) is 3. The van der Waals surface area contributed by atoms with E-state index in [2.05, 4.69) is 36.4 Å². The molecule has 0 radical (unpaired) electrons. The van der Waals surface area contributed by atoms with Gasteiger partial charge in [-0.15, -0.1) is 0 Å². The van der Waals surface area contributed by atoms with Crippen LogP contribution in [-0.4, -0.2) is 36.3 Å². The lowest BCUT2D eigenvalue weighted by atomic mass is 9.80. The Morgan fingerprint density at radius 1 is 0.700 bits per heavy atom. The molecule has 1 saturated heterocycles. The van der Waals surface area contributed by atoms with E-state index in [0.717, 1.165) is 16.7 Å². The first-order valence-electron chi connectivity index (χ1n) is 10.3. The van der Waals surface area contributed by atoms with Crippen molar-refractivity contribution in [2.45, 2.75) is 18.4 Å². The van der Waals surface area contributed by atoms with Crippen LogP contribution in [0.3, 0.4) is 0 Å². The maximum Gasteiger partial charge on any atom is 0.223 e. The number of carbonyl (C=O) groups excluding carboxylic acids is 2. The van der Waals surface area contributed by atoms with E-state index in [-0.39, 0.29) is 18.2 Å². The molecule has 30 heavy (non-hydrogen) atoms. The van der Waals surface area contributed by atoms with Gasteiger partial charge in [0.25, 0.3) is 0 Å². The zero-order valence-corrected chi connectivity index (χ0v) is 16.9. The lowest BCUT2D eigenvalue weighted by molar-refractivity contribution is -0.141. The summed E-state index contributed by atoms with van der Waals surface area (Å²) in [5.74, 6) is 0.123. The van der Waals surface area contributed by atoms with E-state index in [4.69, 9.17) is 4.74 Å². The Labute approximate surface area is 177 Å². The Kier molecular flexibility index (Phi) is 6.05. The van der Waals surface area contributed by atoms with Crippen molar-refractivity contribution in [3.05, 3.63) is 108 Å². The number of rotatable bonds is 7. The largest absolute Gasteiger partial charge is 0.359 e. The van der Waals surface area contributed by atoms with Crippen LogP contribution < -0.4 is 0 Å². The van der Waals surface area contributed by atoms with Gasteiger partial charge in [-0.2, -0.15) is 0 Å². The summed E-state index contributed by atoms with van der Waals surface area (Å²) < 4.78 is 6.67. The van der Waals surface area contributed by atoms with Crippen LogP contribution in [0.1, 0.15) is 29.5 Å². The Hall–Kier alpha value is -3.24. The number of hydrogen-bond donors (Lipinski definition) is 0. The quantitative estimate of drug-likeness (QED) is 0.560.